The topological polar surface area (TPSA) is 34.0 Å². The van der Waals surface area contributed by atoms with Crippen molar-refractivity contribution in [1.29, 1.82) is 0 Å². The van der Waals surface area contributed by atoms with E-state index >= 15 is 0 Å². The molecule has 0 fully saturated rings. The average Bonchev–Trinajstić information content (AvgIpc) is 3.09. The molecule has 1 heterocycles. The van der Waals surface area contributed by atoms with E-state index in [1.807, 2.05) is 67.7 Å². The van der Waals surface area contributed by atoms with Crippen LogP contribution in [0.1, 0.15) is 35.8 Å². The Kier molecular flexibility index (Phi) is 5.72. The summed E-state index contributed by atoms with van der Waals surface area (Å²) < 4.78 is 15.7. The maximum absolute atomic E-state index is 13.6. The highest BCUT2D eigenvalue weighted by molar-refractivity contribution is 6.12. The Morgan fingerprint density at radius 2 is 1.42 bits per heavy atom. The van der Waals surface area contributed by atoms with Gasteiger partial charge in [-0.15, -0.1) is 0 Å². The standard InChI is InChI=1S/C27H25FN2O/c1-18(2)25-24(27(31)29-22-12-8-5-9-13-22)23(19-10-6-4-7-11-19)26(30(25)3)20-14-16-21(28)17-15-20/h4-18H,1-3H3,(H,29,31). The second-order valence-corrected chi connectivity index (χ2v) is 7.89. The van der Waals surface area contributed by atoms with Crippen molar-refractivity contribution in [1.82, 2.24) is 4.57 Å². The monoisotopic (exact) mass is 412 g/mol. The van der Waals surface area contributed by atoms with Gasteiger partial charge in [0.15, 0.2) is 0 Å². The molecular weight excluding hydrogens is 387 g/mol. The lowest BCUT2D eigenvalue weighted by molar-refractivity contribution is 0.102. The third-order valence-corrected chi connectivity index (χ3v) is 5.43. The first-order valence-corrected chi connectivity index (χ1v) is 10.4. The lowest BCUT2D eigenvalue weighted by atomic mass is 9.94. The quantitative estimate of drug-likeness (QED) is 0.381. The second-order valence-electron chi connectivity index (χ2n) is 7.89. The van der Waals surface area contributed by atoms with Gasteiger partial charge in [0.1, 0.15) is 5.82 Å². The Hall–Kier alpha value is -3.66. The molecule has 0 bridgehead atoms. The number of benzene rings is 3. The van der Waals surface area contributed by atoms with E-state index in [1.165, 1.54) is 12.1 Å². The first-order valence-electron chi connectivity index (χ1n) is 10.4. The molecule has 0 unspecified atom stereocenters. The Morgan fingerprint density at radius 3 is 2.00 bits per heavy atom. The van der Waals surface area contributed by atoms with Crippen LogP contribution in [0.2, 0.25) is 0 Å². The number of hydrogen-bond acceptors (Lipinski definition) is 1. The third kappa shape index (κ3) is 4.02. The largest absolute Gasteiger partial charge is 0.346 e. The number of halogens is 1. The highest BCUT2D eigenvalue weighted by atomic mass is 19.1. The van der Waals surface area contributed by atoms with Gasteiger partial charge in [-0.1, -0.05) is 62.4 Å². The molecule has 0 saturated heterocycles. The molecule has 0 atom stereocenters. The van der Waals surface area contributed by atoms with Gasteiger partial charge < -0.3 is 9.88 Å². The summed E-state index contributed by atoms with van der Waals surface area (Å²) in [5, 5.41) is 3.05. The molecule has 156 valence electrons. The number of anilines is 1. The molecule has 0 aliphatic heterocycles. The number of aromatic nitrogens is 1. The minimum absolute atomic E-state index is 0.109. The molecule has 4 aromatic rings. The summed E-state index contributed by atoms with van der Waals surface area (Å²) in [4.78, 5) is 13.6. The van der Waals surface area contributed by atoms with E-state index < -0.39 is 0 Å². The zero-order valence-corrected chi connectivity index (χ0v) is 17.9. The van der Waals surface area contributed by atoms with E-state index in [9.17, 15) is 9.18 Å². The highest BCUT2D eigenvalue weighted by Gasteiger charge is 2.29. The predicted octanol–water partition coefficient (Wildman–Crippen LogP) is 6.87. The van der Waals surface area contributed by atoms with Crippen molar-refractivity contribution in [2.45, 2.75) is 19.8 Å². The van der Waals surface area contributed by atoms with Gasteiger partial charge in [0.25, 0.3) is 5.91 Å². The van der Waals surface area contributed by atoms with Crippen LogP contribution >= 0.6 is 0 Å². The van der Waals surface area contributed by atoms with Crippen LogP contribution in [0, 0.1) is 5.82 Å². The molecule has 4 heteroatoms. The molecule has 1 N–H and O–H groups in total. The summed E-state index contributed by atoms with van der Waals surface area (Å²) in [7, 11) is 1.97. The molecule has 0 aliphatic rings. The van der Waals surface area contributed by atoms with E-state index in [0.29, 0.717) is 5.56 Å². The molecule has 0 radical (unpaired) electrons. The van der Waals surface area contributed by atoms with Crippen LogP contribution in [0.4, 0.5) is 10.1 Å². The molecule has 1 aromatic heterocycles. The van der Waals surface area contributed by atoms with Crippen molar-refractivity contribution in [3.05, 3.63) is 102 Å². The fourth-order valence-electron chi connectivity index (χ4n) is 4.15. The summed E-state index contributed by atoms with van der Waals surface area (Å²) in [6, 6.07) is 25.8. The molecule has 3 nitrogen and oxygen atoms in total. The summed E-state index contributed by atoms with van der Waals surface area (Å²) in [6.07, 6.45) is 0. The normalized spacial score (nSPS) is 11.0. The van der Waals surface area contributed by atoms with E-state index in [1.54, 1.807) is 12.1 Å². The predicted molar refractivity (Wildman–Crippen MR) is 125 cm³/mol. The van der Waals surface area contributed by atoms with E-state index in [2.05, 4.69) is 23.7 Å². The van der Waals surface area contributed by atoms with Crippen LogP contribution in [-0.2, 0) is 7.05 Å². The summed E-state index contributed by atoms with van der Waals surface area (Å²) >= 11 is 0. The summed E-state index contributed by atoms with van der Waals surface area (Å²) in [5.41, 5.74) is 5.89. The van der Waals surface area contributed by atoms with E-state index in [4.69, 9.17) is 0 Å². The summed E-state index contributed by atoms with van der Waals surface area (Å²) in [5.74, 6) is -0.332. The molecule has 31 heavy (non-hydrogen) atoms. The van der Waals surface area contributed by atoms with Gasteiger partial charge in [0.2, 0.25) is 0 Å². The number of nitrogens with zero attached hydrogens (tertiary/aromatic N) is 1. The zero-order valence-electron chi connectivity index (χ0n) is 17.9. The molecule has 0 spiro atoms. The van der Waals surface area contributed by atoms with Crippen LogP contribution in [0.25, 0.3) is 22.4 Å². The van der Waals surface area contributed by atoms with Crippen LogP contribution in [0.5, 0.6) is 0 Å². The lowest BCUT2D eigenvalue weighted by Crippen LogP contribution is -2.15. The van der Waals surface area contributed by atoms with Crippen molar-refractivity contribution in [2.24, 2.45) is 7.05 Å². The van der Waals surface area contributed by atoms with Gasteiger partial charge in [-0.25, -0.2) is 4.39 Å². The lowest BCUT2D eigenvalue weighted by Gasteiger charge is -2.13. The number of rotatable bonds is 5. The number of hydrogen-bond donors (Lipinski definition) is 1. The van der Waals surface area contributed by atoms with Gasteiger partial charge in [-0.05, 0) is 53.4 Å². The minimum atomic E-state index is -0.287. The smallest absolute Gasteiger partial charge is 0.258 e. The summed E-state index contributed by atoms with van der Waals surface area (Å²) in [6.45, 7) is 4.16. The first kappa shape index (κ1) is 20.6. The maximum Gasteiger partial charge on any atom is 0.258 e. The van der Waals surface area contributed by atoms with E-state index in [-0.39, 0.29) is 17.6 Å². The van der Waals surface area contributed by atoms with Gasteiger partial charge in [0.05, 0.1) is 11.3 Å². The van der Waals surface area contributed by atoms with Gasteiger partial charge >= 0.3 is 0 Å². The SMILES string of the molecule is CC(C)c1c(C(=O)Nc2ccccc2)c(-c2ccccc2)c(-c2ccc(F)cc2)n1C. The molecule has 1 amide bonds. The Bertz CT molecular complexity index is 1190. The van der Waals surface area contributed by atoms with Crippen LogP contribution in [-0.4, -0.2) is 10.5 Å². The number of nitrogens with one attached hydrogen (secondary N) is 1. The van der Waals surface area contributed by atoms with E-state index in [0.717, 1.165) is 33.8 Å². The molecule has 3 aromatic carbocycles. The zero-order chi connectivity index (χ0) is 22.0. The second kappa shape index (κ2) is 8.60. The fourth-order valence-corrected chi connectivity index (χ4v) is 4.15. The van der Waals surface area contributed by atoms with Gasteiger partial charge in [-0.2, -0.15) is 0 Å². The Labute approximate surface area is 182 Å². The Balaban J connectivity index is 1.99. The fraction of sp³-hybridized carbons (Fsp3) is 0.148. The minimum Gasteiger partial charge on any atom is -0.346 e. The average molecular weight is 413 g/mol. The molecule has 0 aliphatic carbocycles. The van der Waals surface area contributed by atoms with Crippen molar-refractivity contribution >= 4 is 11.6 Å². The van der Waals surface area contributed by atoms with Gasteiger partial charge in [0, 0.05) is 24.0 Å². The Morgan fingerprint density at radius 1 is 0.839 bits per heavy atom. The third-order valence-electron chi connectivity index (χ3n) is 5.43. The molecular formula is C27H25FN2O. The number of para-hydroxylation sites is 1. The number of amides is 1. The number of carbonyl (C=O) groups is 1. The van der Waals surface area contributed by atoms with Crippen molar-refractivity contribution in [3.63, 3.8) is 0 Å². The van der Waals surface area contributed by atoms with Crippen molar-refractivity contribution in [3.8, 4) is 22.4 Å². The van der Waals surface area contributed by atoms with Crippen LogP contribution < -0.4 is 5.32 Å². The van der Waals surface area contributed by atoms with Crippen molar-refractivity contribution in [2.75, 3.05) is 5.32 Å². The number of carbonyl (C=O) groups excluding carboxylic acids is 1. The van der Waals surface area contributed by atoms with Crippen molar-refractivity contribution < 1.29 is 9.18 Å². The first-order chi connectivity index (χ1) is 15.0. The van der Waals surface area contributed by atoms with Gasteiger partial charge in [-0.3, -0.25) is 4.79 Å². The van der Waals surface area contributed by atoms with Crippen LogP contribution in [0.15, 0.2) is 84.9 Å². The molecule has 0 saturated carbocycles. The maximum atomic E-state index is 13.6. The van der Waals surface area contributed by atoms with Crippen LogP contribution in [0.3, 0.4) is 0 Å². The highest BCUT2D eigenvalue weighted by Crippen LogP contribution is 2.41. The molecule has 4 rings (SSSR count).